The zero-order valence-corrected chi connectivity index (χ0v) is 14.6. The van der Waals surface area contributed by atoms with E-state index in [1.807, 2.05) is 43.3 Å². The summed E-state index contributed by atoms with van der Waals surface area (Å²) in [6.45, 7) is 8.52. The summed E-state index contributed by atoms with van der Waals surface area (Å²) in [6, 6.07) is 14.1. The zero-order chi connectivity index (χ0) is 15.6. The van der Waals surface area contributed by atoms with Crippen LogP contribution in [0.25, 0.3) is 0 Å². The lowest BCUT2D eigenvalue weighted by Crippen LogP contribution is -2.12. The Kier molecular flexibility index (Phi) is 4.74. The zero-order valence-electron chi connectivity index (χ0n) is 13.0. The van der Waals surface area contributed by atoms with Crippen LogP contribution in [-0.4, -0.2) is 0 Å². The van der Waals surface area contributed by atoms with Gasteiger partial charge in [0.1, 0.15) is 11.5 Å². The smallest absolute Gasteiger partial charge is 0.131 e. The summed E-state index contributed by atoms with van der Waals surface area (Å²) in [6.07, 6.45) is 0. The third kappa shape index (κ3) is 3.86. The van der Waals surface area contributed by atoms with E-state index in [2.05, 4.69) is 42.8 Å². The van der Waals surface area contributed by atoms with E-state index in [0.29, 0.717) is 0 Å². The van der Waals surface area contributed by atoms with Crippen molar-refractivity contribution in [1.29, 1.82) is 0 Å². The van der Waals surface area contributed by atoms with Crippen LogP contribution in [0.2, 0.25) is 0 Å². The molecule has 0 aliphatic heterocycles. The van der Waals surface area contributed by atoms with Crippen molar-refractivity contribution in [2.24, 2.45) is 5.73 Å². The monoisotopic (exact) mass is 347 g/mol. The Hall–Kier alpha value is -1.32. The van der Waals surface area contributed by atoms with E-state index in [4.69, 9.17) is 10.5 Å². The van der Waals surface area contributed by atoms with E-state index < -0.39 is 0 Å². The number of rotatable bonds is 3. The molecule has 1 atom stereocenters. The van der Waals surface area contributed by atoms with Gasteiger partial charge in [0, 0.05) is 16.1 Å². The molecule has 0 aliphatic carbocycles. The van der Waals surface area contributed by atoms with E-state index in [1.165, 1.54) is 5.56 Å². The third-order valence-corrected chi connectivity index (χ3v) is 4.07. The van der Waals surface area contributed by atoms with Gasteiger partial charge in [-0.05, 0) is 36.1 Å². The molecular weight excluding hydrogens is 326 g/mol. The van der Waals surface area contributed by atoms with E-state index in [1.54, 1.807) is 0 Å². The van der Waals surface area contributed by atoms with Crippen molar-refractivity contribution in [3.8, 4) is 11.5 Å². The summed E-state index contributed by atoms with van der Waals surface area (Å²) in [7, 11) is 0. The average Bonchev–Trinajstić information content (AvgIpc) is 2.37. The maximum atomic E-state index is 6.08. The van der Waals surface area contributed by atoms with Crippen molar-refractivity contribution in [3.05, 3.63) is 58.1 Å². The Balaban J connectivity index is 2.33. The largest absolute Gasteiger partial charge is 0.457 e. The van der Waals surface area contributed by atoms with Crippen molar-refractivity contribution in [2.75, 3.05) is 0 Å². The van der Waals surface area contributed by atoms with Gasteiger partial charge < -0.3 is 10.5 Å². The van der Waals surface area contributed by atoms with Gasteiger partial charge >= 0.3 is 0 Å². The van der Waals surface area contributed by atoms with Gasteiger partial charge in [0.15, 0.2) is 0 Å². The Labute approximate surface area is 135 Å². The van der Waals surface area contributed by atoms with Crippen LogP contribution in [0.1, 0.15) is 44.9 Å². The summed E-state index contributed by atoms with van der Waals surface area (Å²) in [4.78, 5) is 0. The average molecular weight is 348 g/mol. The van der Waals surface area contributed by atoms with E-state index >= 15 is 0 Å². The molecule has 0 aliphatic rings. The van der Waals surface area contributed by atoms with Crippen molar-refractivity contribution in [2.45, 2.75) is 39.2 Å². The number of ether oxygens (including phenoxy) is 1. The summed E-state index contributed by atoms with van der Waals surface area (Å²) in [5, 5.41) is 0. The number of para-hydroxylation sites is 1. The molecular formula is C18H22BrNO. The van der Waals surface area contributed by atoms with Crippen molar-refractivity contribution < 1.29 is 4.74 Å². The molecule has 0 fully saturated rings. The number of hydrogen-bond donors (Lipinski definition) is 1. The molecule has 2 nitrogen and oxygen atoms in total. The maximum Gasteiger partial charge on any atom is 0.131 e. The van der Waals surface area contributed by atoms with Crippen LogP contribution in [0.5, 0.6) is 11.5 Å². The molecule has 3 heteroatoms. The highest BCUT2D eigenvalue weighted by molar-refractivity contribution is 9.10. The Bertz CT molecular complexity index is 629. The highest BCUT2D eigenvalue weighted by Gasteiger charge is 2.19. The lowest BCUT2D eigenvalue weighted by atomic mass is 9.86. The molecule has 0 unspecified atom stereocenters. The van der Waals surface area contributed by atoms with Crippen molar-refractivity contribution in [3.63, 3.8) is 0 Å². The molecule has 112 valence electrons. The second-order valence-corrected chi connectivity index (χ2v) is 7.17. The van der Waals surface area contributed by atoms with Crippen LogP contribution in [0, 0.1) is 0 Å². The Morgan fingerprint density at radius 3 is 2.33 bits per heavy atom. The van der Waals surface area contributed by atoms with Gasteiger partial charge in [-0.25, -0.2) is 0 Å². The molecule has 0 amide bonds. The molecule has 0 aromatic heterocycles. The fourth-order valence-corrected chi connectivity index (χ4v) is 2.96. The number of hydrogen-bond acceptors (Lipinski definition) is 2. The molecule has 2 rings (SSSR count). The first kappa shape index (κ1) is 16.1. The number of halogens is 1. The van der Waals surface area contributed by atoms with Crippen molar-refractivity contribution in [1.82, 2.24) is 0 Å². The topological polar surface area (TPSA) is 35.2 Å². The molecule has 2 N–H and O–H groups in total. The predicted octanol–water partition coefficient (Wildman–Crippen LogP) is 5.56. The molecule has 0 radical (unpaired) electrons. The van der Waals surface area contributed by atoms with Crippen molar-refractivity contribution >= 4 is 15.9 Å². The fourth-order valence-electron chi connectivity index (χ4n) is 2.24. The third-order valence-electron chi connectivity index (χ3n) is 3.39. The van der Waals surface area contributed by atoms with Gasteiger partial charge in [-0.1, -0.05) is 61.0 Å². The molecule has 2 aromatic rings. The lowest BCUT2D eigenvalue weighted by molar-refractivity contribution is 0.455. The molecule has 0 heterocycles. The highest BCUT2D eigenvalue weighted by Crippen LogP contribution is 2.35. The number of benzene rings is 2. The van der Waals surface area contributed by atoms with Gasteiger partial charge in [0.05, 0.1) is 0 Å². The first-order valence-electron chi connectivity index (χ1n) is 7.11. The van der Waals surface area contributed by atoms with Crippen LogP contribution in [0.4, 0.5) is 0 Å². The van der Waals surface area contributed by atoms with E-state index in [0.717, 1.165) is 21.5 Å². The van der Waals surface area contributed by atoms with Gasteiger partial charge in [-0.3, -0.25) is 0 Å². The van der Waals surface area contributed by atoms with Gasteiger partial charge in [-0.2, -0.15) is 0 Å². The minimum atomic E-state index is -0.00436. The molecule has 21 heavy (non-hydrogen) atoms. The first-order valence-corrected chi connectivity index (χ1v) is 7.90. The molecule has 0 saturated heterocycles. The van der Waals surface area contributed by atoms with E-state index in [-0.39, 0.29) is 11.5 Å². The molecule has 0 saturated carbocycles. The Morgan fingerprint density at radius 2 is 1.76 bits per heavy atom. The van der Waals surface area contributed by atoms with Gasteiger partial charge in [-0.15, -0.1) is 0 Å². The summed E-state index contributed by atoms with van der Waals surface area (Å²) in [5.41, 5.74) is 8.24. The molecule has 0 bridgehead atoms. The molecule has 0 spiro atoms. The second kappa shape index (κ2) is 6.20. The molecule has 2 aromatic carbocycles. The van der Waals surface area contributed by atoms with Crippen LogP contribution < -0.4 is 10.5 Å². The standard InChI is InChI=1S/C18H22BrNO/c1-12(20)14-10-9-13(11-16(14)19)21-17-8-6-5-7-15(17)18(2,3)4/h5-12H,20H2,1-4H3/t12-/m0/s1. The Morgan fingerprint density at radius 1 is 1.10 bits per heavy atom. The van der Waals surface area contributed by atoms with Crippen LogP contribution in [0.15, 0.2) is 46.9 Å². The number of nitrogens with two attached hydrogens (primary N) is 1. The first-order chi connectivity index (χ1) is 9.79. The van der Waals surface area contributed by atoms with Gasteiger partial charge in [0.25, 0.3) is 0 Å². The SMILES string of the molecule is C[C@H](N)c1ccc(Oc2ccccc2C(C)(C)C)cc1Br. The van der Waals surface area contributed by atoms with E-state index in [9.17, 15) is 0 Å². The summed E-state index contributed by atoms with van der Waals surface area (Å²) >= 11 is 3.56. The maximum absolute atomic E-state index is 6.08. The van der Waals surface area contributed by atoms with Gasteiger partial charge in [0.2, 0.25) is 0 Å². The van der Waals surface area contributed by atoms with Crippen LogP contribution in [-0.2, 0) is 5.41 Å². The van der Waals surface area contributed by atoms with Crippen LogP contribution >= 0.6 is 15.9 Å². The second-order valence-electron chi connectivity index (χ2n) is 6.32. The predicted molar refractivity (Wildman–Crippen MR) is 92.0 cm³/mol. The quantitative estimate of drug-likeness (QED) is 0.788. The highest BCUT2D eigenvalue weighted by atomic mass is 79.9. The minimum absolute atomic E-state index is 0.00436. The fraction of sp³-hybridized carbons (Fsp3) is 0.333. The minimum Gasteiger partial charge on any atom is -0.457 e. The summed E-state index contributed by atoms with van der Waals surface area (Å²) < 4.78 is 7.06. The van der Waals surface area contributed by atoms with Crippen LogP contribution in [0.3, 0.4) is 0 Å². The summed E-state index contributed by atoms with van der Waals surface area (Å²) in [5.74, 6) is 1.70. The lowest BCUT2D eigenvalue weighted by Gasteiger charge is -2.22. The normalized spacial score (nSPS) is 13.0.